The van der Waals surface area contributed by atoms with E-state index in [1.807, 2.05) is 54.6 Å². The highest BCUT2D eigenvalue weighted by molar-refractivity contribution is 9.10. The number of rotatable bonds is 2. The monoisotopic (exact) mass is 383 g/mol. The molecule has 0 aliphatic heterocycles. The zero-order chi connectivity index (χ0) is 17.2. The number of nitriles is 1. The number of allylic oxidation sites excluding steroid dienone is 1. The Morgan fingerprint density at radius 2 is 1.36 bits per heavy atom. The molecule has 0 saturated heterocycles. The maximum absolute atomic E-state index is 9.72. The van der Waals surface area contributed by atoms with E-state index < -0.39 is 0 Å². The summed E-state index contributed by atoms with van der Waals surface area (Å²) in [5.41, 5.74) is 2.67. The minimum absolute atomic E-state index is 0.661. The molecule has 25 heavy (non-hydrogen) atoms. The highest BCUT2D eigenvalue weighted by Crippen LogP contribution is 2.31. The normalized spacial score (nSPS) is 11.6. The van der Waals surface area contributed by atoms with E-state index in [9.17, 15) is 5.26 Å². The third-order valence-electron chi connectivity index (χ3n) is 4.38. The van der Waals surface area contributed by atoms with Crippen LogP contribution in [0.2, 0.25) is 0 Å². The summed E-state index contributed by atoms with van der Waals surface area (Å²) in [5.74, 6) is 0. The largest absolute Gasteiger partial charge is 0.192 e. The van der Waals surface area contributed by atoms with Gasteiger partial charge in [0.1, 0.15) is 0 Å². The van der Waals surface area contributed by atoms with E-state index >= 15 is 0 Å². The molecule has 0 aromatic heterocycles. The zero-order valence-corrected chi connectivity index (χ0v) is 15.0. The molecule has 0 amide bonds. The topological polar surface area (TPSA) is 23.8 Å². The molecule has 0 aliphatic rings. The van der Waals surface area contributed by atoms with Gasteiger partial charge in [0.25, 0.3) is 0 Å². The van der Waals surface area contributed by atoms with Crippen molar-refractivity contribution in [1.82, 2.24) is 0 Å². The Morgan fingerprint density at radius 1 is 0.800 bits per heavy atom. The smallest absolute Gasteiger partial charge is 0.0998 e. The van der Waals surface area contributed by atoms with Crippen molar-refractivity contribution in [2.45, 2.75) is 0 Å². The van der Waals surface area contributed by atoms with Crippen molar-refractivity contribution in [3.8, 4) is 6.07 Å². The molecule has 0 N–H and O–H groups in total. The first-order valence-corrected chi connectivity index (χ1v) is 8.84. The van der Waals surface area contributed by atoms with Crippen LogP contribution < -0.4 is 0 Å². The minimum Gasteiger partial charge on any atom is -0.192 e. The molecular formula is C23H14BrN. The summed E-state index contributed by atoms with van der Waals surface area (Å²) >= 11 is 3.45. The van der Waals surface area contributed by atoms with Gasteiger partial charge in [-0.15, -0.1) is 0 Å². The van der Waals surface area contributed by atoms with Crippen molar-refractivity contribution in [2.75, 3.05) is 0 Å². The van der Waals surface area contributed by atoms with Crippen LogP contribution in [-0.2, 0) is 0 Å². The highest BCUT2D eigenvalue weighted by atomic mass is 79.9. The van der Waals surface area contributed by atoms with Gasteiger partial charge in [0.2, 0.25) is 0 Å². The van der Waals surface area contributed by atoms with Gasteiger partial charge in [-0.3, -0.25) is 0 Å². The predicted molar refractivity (Wildman–Crippen MR) is 109 cm³/mol. The van der Waals surface area contributed by atoms with Crippen LogP contribution in [-0.4, -0.2) is 0 Å². The predicted octanol–water partition coefficient (Wildman–Crippen LogP) is 6.82. The lowest BCUT2D eigenvalue weighted by Crippen LogP contribution is -1.86. The van der Waals surface area contributed by atoms with Gasteiger partial charge in [-0.1, -0.05) is 76.6 Å². The second-order valence-electron chi connectivity index (χ2n) is 5.91. The van der Waals surface area contributed by atoms with Crippen LogP contribution in [0.25, 0.3) is 33.2 Å². The quantitative estimate of drug-likeness (QED) is 0.211. The Kier molecular flexibility index (Phi) is 4.09. The van der Waals surface area contributed by atoms with Crippen molar-refractivity contribution in [3.05, 3.63) is 94.5 Å². The summed E-state index contributed by atoms with van der Waals surface area (Å²) in [7, 11) is 0. The highest BCUT2D eigenvalue weighted by Gasteiger charge is 2.08. The van der Waals surface area contributed by atoms with Crippen molar-refractivity contribution in [1.29, 1.82) is 5.26 Å². The van der Waals surface area contributed by atoms with Gasteiger partial charge in [-0.2, -0.15) is 5.26 Å². The van der Waals surface area contributed by atoms with E-state index in [1.54, 1.807) is 0 Å². The van der Waals surface area contributed by atoms with Crippen LogP contribution in [0, 0.1) is 11.3 Å². The fourth-order valence-corrected chi connectivity index (χ4v) is 3.42. The summed E-state index contributed by atoms with van der Waals surface area (Å²) in [6, 6.07) is 29.1. The summed E-state index contributed by atoms with van der Waals surface area (Å²) < 4.78 is 1.00. The van der Waals surface area contributed by atoms with Gasteiger partial charge in [0.15, 0.2) is 0 Å². The first-order valence-electron chi connectivity index (χ1n) is 8.04. The molecule has 4 aromatic rings. The summed E-state index contributed by atoms with van der Waals surface area (Å²) in [6.45, 7) is 0. The second-order valence-corrected chi connectivity index (χ2v) is 6.82. The Balaban J connectivity index is 2.03. The van der Waals surface area contributed by atoms with Crippen LogP contribution in [0.5, 0.6) is 0 Å². The van der Waals surface area contributed by atoms with Gasteiger partial charge in [0, 0.05) is 4.47 Å². The number of halogens is 1. The average molecular weight is 384 g/mol. The zero-order valence-electron chi connectivity index (χ0n) is 13.4. The van der Waals surface area contributed by atoms with Crippen LogP contribution in [0.1, 0.15) is 11.1 Å². The van der Waals surface area contributed by atoms with E-state index in [0.717, 1.165) is 26.4 Å². The lowest BCUT2D eigenvalue weighted by Gasteiger charge is -2.09. The summed E-state index contributed by atoms with van der Waals surface area (Å²) in [5, 5.41) is 14.4. The Labute approximate surface area is 155 Å². The van der Waals surface area contributed by atoms with Gasteiger partial charge < -0.3 is 0 Å². The molecule has 0 saturated carbocycles. The fourth-order valence-electron chi connectivity index (χ4n) is 3.16. The van der Waals surface area contributed by atoms with Crippen molar-refractivity contribution in [3.63, 3.8) is 0 Å². The number of hydrogen-bond acceptors (Lipinski definition) is 1. The Morgan fingerprint density at radius 3 is 1.92 bits per heavy atom. The average Bonchev–Trinajstić information content (AvgIpc) is 2.66. The van der Waals surface area contributed by atoms with Gasteiger partial charge in [-0.05, 0) is 56.9 Å². The molecule has 0 heterocycles. The Hall–Kier alpha value is -2.89. The number of fused-ring (bicyclic) bond motifs is 2. The molecule has 1 nitrogen and oxygen atoms in total. The second kappa shape index (κ2) is 6.55. The third-order valence-corrected chi connectivity index (χ3v) is 4.91. The molecular weight excluding hydrogens is 370 g/mol. The van der Waals surface area contributed by atoms with E-state index in [-0.39, 0.29) is 0 Å². The molecule has 0 atom stereocenters. The number of hydrogen-bond donors (Lipinski definition) is 0. The first-order chi connectivity index (χ1) is 12.3. The molecule has 4 rings (SSSR count). The molecule has 2 heteroatoms. The molecule has 0 spiro atoms. The minimum atomic E-state index is 0.661. The lowest BCUT2D eigenvalue weighted by molar-refractivity contribution is 1.52. The van der Waals surface area contributed by atoms with Gasteiger partial charge >= 0.3 is 0 Å². The fraction of sp³-hybridized carbons (Fsp3) is 0. The molecule has 0 bridgehead atoms. The van der Waals surface area contributed by atoms with Crippen LogP contribution in [0.4, 0.5) is 0 Å². The van der Waals surface area contributed by atoms with Crippen molar-refractivity contribution in [2.24, 2.45) is 0 Å². The molecule has 4 aromatic carbocycles. The summed E-state index contributed by atoms with van der Waals surface area (Å²) in [4.78, 5) is 0. The maximum atomic E-state index is 9.72. The van der Waals surface area contributed by atoms with E-state index in [2.05, 4.69) is 52.3 Å². The molecule has 0 fully saturated rings. The van der Waals surface area contributed by atoms with Crippen LogP contribution in [0.3, 0.4) is 0 Å². The standard InChI is InChI=1S/C23H14BrN/c24-20-11-9-16(10-12-20)19(15-25)14-23-21-7-3-1-5-17(21)13-18-6-2-4-8-22(18)23/h1-14H/b19-14-. The lowest BCUT2D eigenvalue weighted by atomic mass is 9.94. The van der Waals surface area contributed by atoms with Gasteiger partial charge in [0.05, 0.1) is 11.6 Å². The molecule has 0 aliphatic carbocycles. The maximum Gasteiger partial charge on any atom is 0.0998 e. The van der Waals surface area contributed by atoms with E-state index in [4.69, 9.17) is 0 Å². The molecule has 118 valence electrons. The Bertz CT molecular complexity index is 1090. The van der Waals surface area contributed by atoms with Crippen LogP contribution in [0.15, 0.2) is 83.3 Å². The van der Waals surface area contributed by atoms with Gasteiger partial charge in [-0.25, -0.2) is 0 Å². The van der Waals surface area contributed by atoms with E-state index in [1.165, 1.54) is 10.8 Å². The number of nitrogens with zero attached hydrogens (tertiary/aromatic N) is 1. The molecule has 0 radical (unpaired) electrons. The van der Waals surface area contributed by atoms with E-state index in [0.29, 0.717) is 5.57 Å². The molecule has 0 unspecified atom stereocenters. The van der Waals surface area contributed by atoms with Crippen molar-refractivity contribution >= 4 is 49.1 Å². The SMILES string of the molecule is N#C/C(=C/c1c2ccccc2cc2ccccc12)c1ccc(Br)cc1. The third kappa shape index (κ3) is 2.95. The van der Waals surface area contributed by atoms with Crippen LogP contribution >= 0.6 is 15.9 Å². The number of benzene rings is 4. The van der Waals surface area contributed by atoms with Crippen molar-refractivity contribution < 1.29 is 0 Å². The first kappa shape index (κ1) is 15.6. The summed E-state index contributed by atoms with van der Waals surface area (Å²) in [6.07, 6.45) is 2.01.